The van der Waals surface area contributed by atoms with E-state index in [9.17, 15) is 0 Å². The van der Waals surface area contributed by atoms with Crippen LogP contribution in [0.25, 0.3) is 0 Å². The Morgan fingerprint density at radius 2 is 1.81 bits per heavy atom. The van der Waals surface area contributed by atoms with E-state index in [4.69, 9.17) is 15.2 Å². The molecular formula is C17H26N2O2. The monoisotopic (exact) mass is 290 g/mol. The predicted octanol–water partition coefficient (Wildman–Crippen LogP) is 2.44. The van der Waals surface area contributed by atoms with Crippen LogP contribution in [0.15, 0.2) is 18.2 Å². The lowest BCUT2D eigenvalue weighted by molar-refractivity contribution is 0.239. The highest BCUT2D eigenvalue weighted by Crippen LogP contribution is 2.36. The summed E-state index contributed by atoms with van der Waals surface area (Å²) in [5.74, 6) is 3.19. The quantitative estimate of drug-likeness (QED) is 0.929. The molecule has 0 spiro atoms. The van der Waals surface area contributed by atoms with Crippen LogP contribution >= 0.6 is 0 Å². The highest BCUT2D eigenvalue weighted by atomic mass is 16.5. The van der Waals surface area contributed by atoms with Crippen molar-refractivity contribution >= 4 is 0 Å². The van der Waals surface area contributed by atoms with Crippen LogP contribution in [-0.2, 0) is 0 Å². The number of rotatable bonds is 3. The number of fused-ring (bicyclic) bond motifs is 1. The van der Waals surface area contributed by atoms with Gasteiger partial charge >= 0.3 is 0 Å². The summed E-state index contributed by atoms with van der Waals surface area (Å²) in [6.45, 7) is 8.99. The van der Waals surface area contributed by atoms with E-state index >= 15 is 0 Å². The van der Waals surface area contributed by atoms with E-state index < -0.39 is 0 Å². The van der Waals surface area contributed by atoms with Crippen molar-refractivity contribution in [2.45, 2.75) is 26.3 Å². The summed E-state index contributed by atoms with van der Waals surface area (Å²) in [4.78, 5) is 2.51. The molecule has 2 heterocycles. The minimum atomic E-state index is 0.273. The molecule has 0 radical (unpaired) electrons. The van der Waals surface area contributed by atoms with Gasteiger partial charge in [-0.3, -0.25) is 4.90 Å². The fourth-order valence-corrected chi connectivity index (χ4v) is 3.31. The SMILES string of the molecule is CC1CN(C(CN)c2ccc3c(c2)OCCCO3)CC1C. The highest BCUT2D eigenvalue weighted by molar-refractivity contribution is 5.44. The van der Waals surface area contributed by atoms with Crippen molar-refractivity contribution in [3.05, 3.63) is 23.8 Å². The van der Waals surface area contributed by atoms with Crippen molar-refractivity contribution in [1.82, 2.24) is 4.90 Å². The molecule has 21 heavy (non-hydrogen) atoms. The summed E-state index contributed by atoms with van der Waals surface area (Å²) in [7, 11) is 0. The maximum Gasteiger partial charge on any atom is 0.161 e. The van der Waals surface area contributed by atoms with Crippen molar-refractivity contribution in [2.75, 3.05) is 32.8 Å². The molecule has 1 saturated heterocycles. The number of benzene rings is 1. The Hall–Kier alpha value is -1.26. The summed E-state index contributed by atoms with van der Waals surface area (Å²) in [6, 6.07) is 6.56. The lowest BCUT2D eigenvalue weighted by Gasteiger charge is -2.27. The number of nitrogens with two attached hydrogens (primary N) is 1. The third-order valence-corrected chi connectivity index (χ3v) is 4.84. The first-order chi connectivity index (χ1) is 10.2. The molecule has 3 rings (SSSR count). The maximum absolute atomic E-state index is 6.07. The smallest absolute Gasteiger partial charge is 0.161 e. The third-order valence-electron chi connectivity index (χ3n) is 4.84. The molecule has 2 N–H and O–H groups in total. The van der Waals surface area contributed by atoms with Crippen LogP contribution in [0.5, 0.6) is 11.5 Å². The third kappa shape index (κ3) is 3.01. The zero-order chi connectivity index (χ0) is 14.8. The Morgan fingerprint density at radius 3 is 2.48 bits per heavy atom. The van der Waals surface area contributed by atoms with Gasteiger partial charge in [0.25, 0.3) is 0 Å². The normalized spacial score (nSPS) is 27.4. The zero-order valence-corrected chi connectivity index (χ0v) is 13.0. The van der Waals surface area contributed by atoms with Crippen molar-refractivity contribution in [3.8, 4) is 11.5 Å². The number of likely N-dealkylation sites (tertiary alicyclic amines) is 1. The Balaban J connectivity index is 1.82. The lowest BCUT2D eigenvalue weighted by Crippen LogP contribution is -2.32. The molecule has 1 aromatic carbocycles. The standard InChI is InChI=1S/C17H26N2O2/c1-12-10-19(11-13(12)2)15(9-18)14-4-5-16-17(8-14)21-7-3-6-20-16/h4-5,8,12-13,15H,3,6-7,9-11,18H2,1-2H3. The molecule has 0 aliphatic carbocycles. The first kappa shape index (κ1) is 14.7. The topological polar surface area (TPSA) is 47.7 Å². The summed E-state index contributed by atoms with van der Waals surface area (Å²) < 4.78 is 11.5. The summed E-state index contributed by atoms with van der Waals surface area (Å²) >= 11 is 0. The van der Waals surface area contributed by atoms with E-state index in [2.05, 4.69) is 30.9 Å². The molecular weight excluding hydrogens is 264 g/mol. The van der Waals surface area contributed by atoms with E-state index in [1.165, 1.54) is 5.56 Å². The Bertz CT molecular complexity index is 482. The molecule has 4 heteroatoms. The maximum atomic E-state index is 6.07. The van der Waals surface area contributed by atoms with E-state index in [1.54, 1.807) is 0 Å². The second-order valence-corrected chi connectivity index (χ2v) is 6.42. The number of hydrogen-bond acceptors (Lipinski definition) is 4. The van der Waals surface area contributed by atoms with Gasteiger partial charge < -0.3 is 15.2 Å². The molecule has 4 nitrogen and oxygen atoms in total. The van der Waals surface area contributed by atoms with Gasteiger partial charge in [-0.25, -0.2) is 0 Å². The van der Waals surface area contributed by atoms with Gasteiger partial charge in [0, 0.05) is 32.1 Å². The molecule has 116 valence electrons. The van der Waals surface area contributed by atoms with Gasteiger partial charge in [-0.05, 0) is 29.5 Å². The molecule has 0 bridgehead atoms. The lowest BCUT2D eigenvalue weighted by atomic mass is 10.0. The van der Waals surface area contributed by atoms with Crippen LogP contribution in [-0.4, -0.2) is 37.7 Å². The average Bonchev–Trinajstić information content (AvgIpc) is 2.69. The molecule has 0 saturated carbocycles. The Kier molecular flexibility index (Phi) is 4.36. The van der Waals surface area contributed by atoms with Crippen LogP contribution in [0.3, 0.4) is 0 Å². The van der Waals surface area contributed by atoms with Crippen molar-refractivity contribution in [3.63, 3.8) is 0 Å². The van der Waals surface area contributed by atoms with E-state index in [-0.39, 0.29) is 6.04 Å². The van der Waals surface area contributed by atoms with E-state index in [1.807, 2.05) is 6.07 Å². The molecule has 2 aliphatic heterocycles. The number of nitrogens with zero attached hydrogens (tertiary/aromatic N) is 1. The highest BCUT2D eigenvalue weighted by Gasteiger charge is 2.31. The van der Waals surface area contributed by atoms with Crippen LogP contribution in [0.4, 0.5) is 0 Å². The van der Waals surface area contributed by atoms with Gasteiger partial charge in [0.2, 0.25) is 0 Å². The van der Waals surface area contributed by atoms with Crippen LogP contribution in [0.2, 0.25) is 0 Å². The second-order valence-electron chi connectivity index (χ2n) is 6.42. The largest absolute Gasteiger partial charge is 0.490 e. The molecule has 1 fully saturated rings. The number of hydrogen-bond donors (Lipinski definition) is 1. The first-order valence-electron chi connectivity index (χ1n) is 8.02. The van der Waals surface area contributed by atoms with Gasteiger partial charge in [0.15, 0.2) is 11.5 Å². The predicted molar refractivity (Wildman–Crippen MR) is 83.7 cm³/mol. The molecule has 0 aromatic heterocycles. The minimum absolute atomic E-state index is 0.273. The first-order valence-corrected chi connectivity index (χ1v) is 8.02. The molecule has 3 atom stereocenters. The van der Waals surface area contributed by atoms with Crippen LogP contribution in [0, 0.1) is 11.8 Å². The summed E-state index contributed by atoms with van der Waals surface area (Å²) in [5.41, 5.74) is 7.31. The van der Waals surface area contributed by atoms with Gasteiger partial charge in [0.1, 0.15) is 0 Å². The molecule has 1 aromatic rings. The van der Waals surface area contributed by atoms with Gasteiger partial charge in [-0.15, -0.1) is 0 Å². The van der Waals surface area contributed by atoms with Gasteiger partial charge in [-0.1, -0.05) is 19.9 Å². The van der Waals surface area contributed by atoms with Crippen LogP contribution < -0.4 is 15.2 Å². The van der Waals surface area contributed by atoms with Crippen molar-refractivity contribution in [2.24, 2.45) is 17.6 Å². The Morgan fingerprint density at radius 1 is 1.14 bits per heavy atom. The molecule has 2 aliphatic rings. The molecule has 0 amide bonds. The fourth-order valence-electron chi connectivity index (χ4n) is 3.31. The summed E-state index contributed by atoms with van der Waals surface area (Å²) in [6.07, 6.45) is 0.936. The van der Waals surface area contributed by atoms with E-state index in [0.29, 0.717) is 6.54 Å². The zero-order valence-electron chi connectivity index (χ0n) is 13.0. The molecule has 3 unspecified atom stereocenters. The fraction of sp³-hybridized carbons (Fsp3) is 0.647. The minimum Gasteiger partial charge on any atom is -0.490 e. The average molecular weight is 290 g/mol. The number of ether oxygens (including phenoxy) is 2. The van der Waals surface area contributed by atoms with Crippen LogP contribution in [0.1, 0.15) is 31.9 Å². The van der Waals surface area contributed by atoms with Crippen molar-refractivity contribution in [1.29, 1.82) is 0 Å². The van der Waals surface area contributed by atoms with E-state index in [0.717, 1.165) is 56.1 Å². The summed E-state index contributed by atoms with van der Waals surface area (Å²) in [5, 5.41) is 0. The Labute approximate surface area is 127 Å². The van der Waals surface area contributed by atoms with Gasteiger partial charge in [0.05, 0.1) is 13.2 Å². The van der Waals surface area contributed by atoms with Crippen molar-refractivity contribution < 1.29 is 9.47 Å². The second kappa shape index (κ2) is 6.24. The van der Waals surface area contributed by atoms with Gasteiger partial charge in [-0.2, -0.15) is 0 Å².